The molecule has 1 aromatic rings. The van der Waals surface area contributed by atoms with E-state index in [9.17, 15) is 4.79 Å². The third-order valence-corrected chi connectivity index (χ3v) is 2.46. The van der Waals surface area contributed by atoms with E-state index in [2.05, 4.69) is 11.9 Å². The van der Waals surface area contributed by atoms with E-state index in [1.54, 1.807) is 12.1 Å². The maximum Gasteiger partial charge on any atom is 0.407 e. The zero-order chi connectivity index (χ0) is 15.8. The van der Waals surface area contributed by atoms with Gasteiger partial charge in [-0.1, -0.05) is 44.2 Å². The Morgan fingerprint density at radius 2 is 2.00 bits per heavy atom. The molecule has 0 heterocycles. The largest absolute Gasteiger partial charge is 0.444 e. The maximum absolute atomic E-state index is 11.5. The van der Waals surface area contributed by atoms with Crippen molar-refractivity contribution in [3.63, 3.8) is 0 Å². The number of ether oxygens (including phenoxy) is 1. The van der Waals surface area contributed by atoms with Crippen molar-refractivity contribution in [1.29, 1.82) is 0 Å². The van der Waals surface area contributed by atoms with Gasteiger partial charge in [-0.3, -0.25) is 0 Å². The standard InChI is InChI=1S/C14H18ClNO2.C2H6/c1-5-11-8-10(6-7-12(11)15)9-16-13(17)18-14(2,3)4;1-2/h5-8H,1,9H2,2-4H3,(H,16,17);1-2H3. The van der Waals surface area contributed by atoms with Crippen LogP contribution in [0.3, 0.4) is 0 Å². The third kappa shape index (κ3) is 7.19. The highest BCUT2D eigenvalue weighted by atomic mass is 35.5. The Balaban J connectivity index is 0.00000172. The molecule has 112 valence electrons. The molecule has 1 amide bonds. The van der Waals surface area contributed by atoms with Crippen LogP contribution in [0.4, 0.5) is 4.79 Å². The molecule has 1 aromatic carbocycles. The highest BCUT2D eigenvalue weighted by Gasteiger charge is 2.15. The number of nitrogens with one attached hydrogen (secondary N) is 1. The van der Waals surface area contributed by atoms with Crippen LogP contribution in [0.25, 0.3) is 6.08 Å². The van der Waals surface area contributed by atoms with E-state index in [1.165, 1.54) is 0 Å². The van der Waals surface area contributed by atoms with Crippen LogP contribution in [0.2, 0.25) is 5.02 Å². The molecule has 0 aliphatic carbocycles. The minimum Gasteiger partial charge on any atom is -0.444 e. The molecule has 0 aliphatic rings. The first-order valence-corrected chi connectivity index (χ1v) is 7.07. The molecule has 0 bridgehead atoms. The van der Waals surface area contributed by atoms with Gasteiger partial charge in [0.25, 0.3) is 0 Å². The number of amides is 1. The molecule has 0 aromatic heterocycles. The smallest absolute Gasteiger partial charge is 0.407 e. The summed E-state index contributed by atoms with van der Waals surface area (Å²) in [6.45, 7) is 13.5. The van der Waals surface area contributed by atoms with Gasteiger partial charge in [0.05, 0.1) is 0 Å². The third-order valence-electron chi connectivity index (χ3n) is 2.12. The highest BCUT2D eigenvalue weighted by Crippen LogP contribution is 2.18. The minimum absolute atomic E-state index is 0.396. The SMILES string of the molecule is C=Cc1cc(CNC(=O)OC(C)(C)C)ccc1Cl.CC. The van der Waals surface area contributed by atoms with Crippen molar-refractivity contribution in [1.82, 2.24) is 5.32 Å². The predicted octanol–water partition coefficient (Wildman–Crippen LogP) is 5.03. The number of carbonyl (C=O) groups is 1. The lowest BCUT2D eigenvalue weighted by molar-refractivity contribution is 0.0523. The van der Waals surface area contributed by atoms with Crippen LogP contribution in [-0.4, -0.2) is 11.7 Å². The Bertz CT molecular complexity index is 450. The second kappa shape index (κ2) is 8.64. The first-order valence-electron chi connectivity index (χ1n) is 6.69. The Morgan fingerprint density at radius 1 is 1.40 bits per heavy atom. The van der Waals surface area contributed by atoms with Gasteiger partial charge < -0.3 is 10.1 Å². The normalized spacial score (nSPS) is 10.1. The second-order valence-electron chi connectivity index (χ2n) is 4.92. The molecule has 0 saturated heterocycles. The van der Waals surface area contributed by atoms with E-state index in [-0.39, 0.29) is 0 Å². The zero-order valence-corrected chi connectivity index (χ0v) is 13.7. The van der Waals surface area contributed by atoms with Crippen molar-refractivity contribution in [3.8, 4) is 0 Å². The van der Waals surface area contributed by atoms with Crippen LogP contribution in [0.15, 0.2) is 24.8 Å². The van der Waals surface area contributed by atoms with Crippen LogP contribution in [0, 0.1) is 0 Å². The van der Waals surface area contributed by atoms with Gasteiger partial charge in [-0.15, -0.1) is 0 Å². The fourth-order valence-electron chi connectivity index (χ4n) is 1.35. The summed E-state index contributed by atoms with van der Waals surface area (Å²) >= 11 is 5.96. The molecule has 0 aliphatic heterocycles. The van der Waals surface area contributed by atoms with Crippen LogP contribution < -0.4 is 5.32 Å². The molecule has 0 atom stereocenters. The van der Waals surface area contributed by atoms with Crippen molar-refractivity contribution in [3.05, 3.63) is 40.9 Å². The van der Waals surface area contributed by atoms with Gasteiger partial charge in [-0.05, 0) is 44.0 Å². The van der Waals surface area contributed by atoms with Gasteiger partial charge in [0.1, 0.15) is 5.60 Å². The summed E-state index contributed by atoms with van der Waals surface area (Å²) in [4.78, 5) is 11.5. The first-order chi connectivity index (χ1) is 9.31. The molecule has 0 saturated carbocycles. The molecule has 20 heavy (non-hydrogen) atoms. The van der Waals surface area contributed by atoms with Crippen LogP contribution in [-0.2, 0) is 11.3 Å². The molecule has 0 fully saturated rings. The van der Waals surface area contributed by atoms with E-state index in [0.29, 0.717) is 11.6 Å². The summed E-state index contributed by atoms with van der Waals surface area (Å²) in [5.74, 6) is 0. The molecule has 3 nitrogen and oxygen atoms in total. The predicted molar refractivity (Wildman–Crippen MR) is 86.0 cm³/mol. The Hall–Kier alpha value is -1.48. The van der Waals surface area contributed by atoms with E-state index < -0.39 is 11.7 Å². The number of rotatable bonds is 3. The van der Waals surface area contributed by atoms with Crippen molar-refractivity contribution >= 4 is 23.8 Å². The lowest BCUT2D eigenvalue weighted by atomic mass is 10.1. The quantitative estimate of drug-likeness (QED) is 0.849. The summed E-state index contributed by atoms with van der Waals surface area (Å²) in [5.41, 5.74) is 1.30. The second-order valence-corrected chi connectivity index (χ2v) is 5.32. The fourth-order valence-corrected chi connectivity index (χ4v) is 1.54. The number of alkyl carbamates (subject to hydrolysis) is 1. The summed E-state index contributed by atoms with van der Waals surface area (Å²) in [6, 6.07) is 5.52. The van der Waals surface area contributed by atoms with Crippen molar-refractivity contribution in [2.24, 2.45) is 0 Å². The van der Waals surface area contributed by atoms with Crippen LogP contribution >= 0.6 is 11.6 Å². The maximum atomic E-state index is 11.5. The molecule has 0 unspecified atom stereocenters. The number of carbonyl (C=O) groups excluding carboxylic acids is 1. The molecule has 1 N–H and O–H groups in total. The summed E-state index contributed by atoms with van der Waals surface area (Å²) in [6.07, 6.45) is 1.25. The number of benzene rings is 1. The number of hydrogen-bond acceptors (Lipinski definition) is 2. The van der Waals surface area contributed by atoms with Crippen molar-refractivity contribution < 1.29 is 9.53 Å². The van der Waals surface area contributed by atoms with Gasteiger partial charge in [-0.25, -0.2) is 4.79 Å². The number of hydrogen-bond donors (Lipinski definition) is 1. The van der Waals surface area contributed by atoms with Crippen LogP contribution in [0.5, 0.6) is 0 Å². The Kier molecular flexibility index (Phi) is 8.00. The van der Waals surface area contributed by atoms with E-state index in [0.717, 1.165) is 11.1 Å². The van der Waals surface area contributed by atoms with Crippen molar-refractivity contribution in [2.45, 2.75) is 46.8 Å². The Morgan fingerprint density at radius 3 is 2.50 bits per heavy atom. The lowest BCUT2D eigenvalue weighted by Crippen LogP contribution is -2.32. The lowest BCUT2D eigenvalue weighted by Gasteiger charge is -2.19. The molecular formula is C16H24ClNO2. The average Bonchev–Trinajstić information content (AvgIpc) is 2.38. The van der Waals surface area contributed by atoms with Gasteiger partial charge in [0, 0.05) is 11.6 Å². The number of halogens is 1. The van der Waals surface area contributed by atoms with Gasteiger partial charge in [0.2, 0.25) is 0 Å². The van der Waals surface area contributed by atoms with Gasteiger partial charge in [-0.2, -0.15) is 0 Å². The van der Waals surface area contributed by atoms with E-state index in [4.69, 9.17) is 16.3 Å². The molecule has 0 spiro atoms. The summed E-state index contributed by atoms with van der Waals surface area (Å²) in [7, 11) is 0. The van der Waals surface area contributed by atoms with Gasteiger partial charge >= 0.3 is 6.09 Å². The van der Waals surface area contributed by atoms with Gasteiger partial charge in [0.15, 0.2) is 0 Å². The molecule has 4 heteroatoms. The molecule has 1 rings (SSSR count). The first kappa shape index (κ1) is 18.5. The average molecular weight is 298 g/mol. The molecule has 0 radical (unpaired) electrons. The summed E-state index contributed by atoms with van der Waals surface area (Å²) in [5, 5.41) is 3.33. The topological polar surface area (TPSA) is 38.3 Å². The zero-order valence-electron chi connectivity index (χ0n) is 12.9. The minimum atomic E-state index is -0.490. The van der Waals surface area contributed by atoms with E-state index >= 15 is 0 Å². The fraction of sp³-hybridized carbons (Fsp3) is 0.438. The van der Waals surface area contributed by atoms with E-state index in [1.807, 2.05) is 46.8 Å². The highest BCUT2D eigenvalue weighted by molar-refractivity contribution is 6.32. The monoisotopic (exact) mass is 297 g/mol. The summed E-state index contributed by atoms with van der Waals surface area (Å²) < 4.78 is 5.14. The molecular weight excluding hydrogens is 274 g/mol. The Labute approximate surface area is 127 Å². The van der Waals surface area contributed by atoms with Crippen molar-refractivity contribution in [2.75, 3.05) is 0 Å². The van der Waals surface area contributed by atoms with Crippen LogP contribution in [0.1, 0.15) is 45.7 Å².